The Labute approximate surface area is 172 Å². The highest BCUT2D eigenvalue weighted by Gasteiger charge is 2.48. The lowest BCUT2D eigenvalue weighted by molar-refractivity contribution is -0.156. The summed E-state index contributed by atoms with van der Waals surface area (Å²) >= 11 is 0. The second kappa shape index (κ2) is 10.0. The molecule has 0 aromatic heterocycles. The molecule has 0 bridgehead atoms. The summed E-state index contributed by atoms with van der Waals surface area (Å²) in [6, 6.07) is 29.7. The van der Waals surface area contributed by atoms with E-state index >= 15 is 0 Å². The molecule has 3 rings (SSSR count). The van der Waals surface area contributed by atoms with E-state index in [2.05, 4.69) is 5.32 Å². The molecule has 4 heteroatoms. The van der Waals surface area contributed by atoms with Crippen LogP contribution in [0.25, 0.3) is 0 Å². The number of ether oxygens (including phenoxy) is 2. The van der Waals surface area contributed by atoms with Crippen LogP contribution < -0.4 is 5.32 Å². The molecule has 0 aliphatic carbocycles. The Bertz CT molecular complexity index is 884. The third-order valence-electron chi connectivity index (χ3n) is 5.11. The van der Waals surface area contributed by atoms with Crippen LogP contribution >= 0.6 is 0 Å². The Morgan fingerprint density at radius 2 is 1.34 bits per heavy atom. The van der Waals surface area contributed by atoms with Gasteiger partial charge in [-0.1, -0.05) is 91.0 Å². The Morgan fingerprint density at radius 3 is 1.86 bits per heavy atom. The van der Waals surface area contributed by atoms with Crippen LogP contribution in [0.5, 0.6) is 0 Å². The summed E-state index contributed by atoms with van der Waals surface area (Å²) in [7, 11) is 3.05. The van der Waals surface area contributed by atoms with E-state index in [9.17, 15) is 4.79 Å². The molecule has 4 nitrogen and oxygen atoms in total. The Morgan fingerprint density at radius 1 is 0.828 bits per heavy atom. The molecule has 2 unspecified atom stereocenters. The number of rotatable bonds is 9. The lowest BCUT2D eigenvalue weighted by atomic mass is 9.81. The van der Waals surface area contributed by atoms with Crippen LogP contribution in [-0.4, -0.2) is 25.7 Å². The first-order chi connectivity index (χ1) is 14.2. The first kappa shape index (κ1) is 20.8. The van der Waals surface area contributed by atoms with E-state index in [0.717, 1.165) is 16.7 Å². The van der Waals surface area contributed by atoms with Crippen LogP contribution in [0.3, 0.4) is 0 Å². The molecule has 0 amide bonds. The molecule has 0 aliphatic heterocycles. The van der Waals surface area contributed by atoms with Gasteiger partial charge in [0.05, 0.1) is 7.11 Å². The fourth-order valence-corrected chi connectivity index (χ4v) is 3.70. The van der Waals surface area contributed by atoms with Gasteiger partial charge in [-0.15, -0.1) is 0 Å². The minimum atomic E-state index is -1.10. The second-order valence-electron chi connectivity index (χ2n) is 6.99. The molecule has 0 saturated heterocycles. The SMILES string of the molecule is COC(=O)C(Cc1ccccc1)(NCc1ccccc1)C(OC)c1ccccc1. The highest BCUT2D eigenvalue weighted by atomic mass is 16.5. The zero-order valence-corrected chi connectivity index (χ0v) is 16.9. The van der Waals surface area contributed by atoms with Gasteiger partial charge in [0, 0.05) is 20.1 Å². The number of hydrogen-bond acceptors (Lipinski definition) is 4. The van der Waals surface area contributed by atoms with Crippen molar-refractivity contribution >= 4 is 5.97 Å². The van der Waals surface area contributed by atoms with Crippen molar-refractivity contribution in [2.45, 2.75) is 24.6 Å². The minimum absolute atomic E-state index is 0.354. The van der Waals surface area contributed by atoms with Crippen molar-refractivity contribution in [1.29, 1.82) is 0 Å². The lowest BCUT2D eigenvalue weighted by Crippen LogP contribution is -2.58. The summed E-state index contributed by atoms with van der Waals surface area (Å²) in [6.45, 7) is 0.509. The van der Waals surface area contributed by atoms with E-state index < -0.39 is 11.6 Å². The third kappa shape index (κ3) is 4.91. The van der Waals surface area contributed by atoms with Crippen molar-refractivity contribution in [1.82, 2.24) is 5.32 Å². The van der Waals surface area contributed by atoms with E-state index in [1.807, 2.05) is 91.0 Å². The molecule has 3 aromatic carbocycles. The first-order valence-electron chi connectivity index (χ1n) is 9.68. The average molecular weight is 389 g/mol. The molecule has 0 aliphatic rings. The maximum absolute atomic E-state index is 13.3. The monoisotopic (exact) mass is 389 g/mol. The summed E-state index contributed by atoms with van der Waals surface area (Å²) in [5, 5.41) is 3.50. The normalized spacial score (nSPS) is 14.0. The number of carbonyl (C=O) groups excluding carboxylic acids is 1. The second-order valence-corrected chi connectivity index (χ2v) is 6.99. The fraction of sp³-hybridized carbons (Fsp3) is 0.240. The molecule has 0 radical (unpaired) electrons. The van der Waals surface area contributed by atoms with Gasteiger partial charge in [0.2, 0.25) is 0 Å². The number of esters is 1. The number of nitrogens with one attached hydrogen (secondary N) is 1. The van der Waals surface area contributed by atoms with Gasteiger partial charge in [0.15, 0.2) is 5.54 Å². The zero-order valence-electron chi connectivity index (χ0n) is 16.9. The van der Waals surface area contributed by atoms with Crippen molar-refractivity contribution in [2.24, 2.45) is 0 Å². The van der Waals surface area contributed by atoms with Gasteiger partial charge in [0.1, 0.15) is 6.10 Å². The summed E-state index contributed by atoms with van der Waals surface area (Å²) < 4.78 is 11.2. The van der Waals surface area contributed by atoms with E-state index in [0.29, 0.717) is 13.0 Å². The van der Waals surface area contributed by atoms with E-state index in [4.69, 9.17) is 9.47 Å². The van der Waals surface area contributed by atoms with Crippen LogP contribution in [0.1, 0.15) is 22.8 Å². The van der Waals surface area contributed by atoms with Crippen molar-refractivity contribution in [2.75, 3.05) is 14.2 Å². The Balaban J connectivity index is 2.05. The topological polar surface area (TPSA) is 47.6 Å². The largest absolute Gasteiger partial charge is 0.468 e. The van der Waals surface area contributed by atoms with Crippen molar-refractivity contribution < 1.29 is 14.3 Å². The van der Waals surface area contributed by atoms with Crippen molar-refractivity contribution in [3.8, 4) is 0 Å². The first-order valence-corrected chi connectivity index (χ1v) is 9.68. The van der Waals surface area contributed by atoms with Crippen LogP contribution in [-0.2, 0) is 27.2 Å². The summed E-state index contributed by atoms with van der Waals surface area (Å²) in [6.07, 6.45) is -0.0964. The minimum Gasteiger partial charge on any atom is -0.468 e. The number of hydrogen-bond donors (Lipinski definition) is 1. The van der Waals surface area contributed by atoms with Crippen LogP contribution in [0.4, 0.5) is 0 Å². The van der Waals surface area contributed by atoms with Crippen molar-refractivity contribution in [3.05, 3.63) is 108 Å². The average Bonchev–Trinajstić information content (AvgIpc) is 2.79. The zero-order chi connectivity index (χ0) is 20.5. The smallest absolute Gasteiger partial charge is 0.329 e. The Hall–Kier alpha value is -2.95. The van der Waals surface area contributed by atoms with E-state index in [-0.39, 0.29) is 5.97 Å². The third-order valence-corrected chi connectivity index (χ3v) is 5.11. The maximum Gasteiger partial charge on any atom is 0.329 e. The molecule has 0 spiro atoms. The van der Waals surface area contributed by atoms with Gasteiger partial charge < -0.3 is 9.47 Å². The van der Waals surface area contributed by atoms with Gasteiger partial charge in [-0.3, -0.25) is 5.32 Å². The molecule has 2 atom stereocenters. The molecule has 0 fully saturated rings. The summed E-state index contributed by atoms with van der Waals surface area (Å²) in [5.41, 5.74) is 1.92. The van der Waals surface area contributed by atoms with Gasteiger partial charge in [-0.05, 0) is 16.7 Å². The quantitative estimate of drug-likeness (QED) is 0.554. The fourth-order valence-electron chi connectivity index (χ4n) is 3.70. The van der Waals surface area contributed by atoms with Gasteiger partial charge in [-0.2, -0.15) is 0 Å². The van der Waals surface area contributed by atoms with Gasteiger partial charge >= 0.3 is 5.97 Å². The molecule has 150 valence electrons. The molecule has 0 heterocycles. The summed E-state index contributed by atoms with van der Waals surface area (Å²) in [5.74, 6) is -0.354. The molecule has 3 aromatic rings. The highest BCUT2D eigenvalue weighted by molar-refractivity contribution is 5.82. The van der Waals surface area contributed by atoms with Crippen molar-refractivity contribution in [3.63, 3.8) is 0 Å². The molecule has 29 heavy (non-hydrogen) atoms. The van der Waals surface area contributed by atoms with Crippen LogP contribution in [0, 0.1) is 0 Å². The summed E-state index contributed by atoms with van der Waals surface area (Å²) in [4.78, 5) is 13.3. The van der Waals surface area contributed by atoms with Gasteiger partial charge in [0.25, 0.3) is 0 Å². The molecule has 1 N–H and O–H groups in total. The standard InChI is InChI=1S/C25H27NO3/c1-28-23(22-16-10-5-11-17-22)25(24(27)29-2,18-20-12-6-3-7-13-20)26-19-21-14-8-4-9-15-21/h3-17,23,26H,18-19H2,1-2H3. The molecular formula is C25H27NO3. The number of methoxy groups -OCH3 is 2. The molecular weight excluding hydrogens is 362 g/mol. The predicted octanol–water partition coefficient (Wildman–Crippen LogP) is 4.32. The Kier molecular flexibility index (Phi) is 7.17. The maximum atomic E-state index is 13.3. The number of carbonyl (C=O) groups is 1. The van der Waals surface area contributed by atoms with E-state index in [1.54, 1.807) is 7.11 Å². The number of benzene rings is 3. The van der Waals surface area contributed by atoms with E-state index in [1.165, 1.54) is 7.11 Å². The molecule has 0 saturated carbocycles. The highest BCUT2D eigenvalue weighted by Crippen LogP contribution is 2.34. The van der Waals surface area contributed by atoms with Crippen LogP contribution in [0.2, 0.25) is 0 Å². The lowest BCUT2D eigenvalue weighted by Gasteiger charge is -2.39. The van der Waals surface area contributed by atoms with Crippen LogP contribution in [0.15, 0.2) is 91.0 Å². The predicted molar refractivity (Wildman–Crippen MR) is 114 cm³/mol. The van der Waals surface area contributed by atoms with Gasteiger partial charge in [-0.25, -0.2) is 4.79 Å².